The van der Waals surface area contributed by atoms with Gasteiger partial charge < -0.3 is 14.2 Å². The minimum atomic E-state index is 0.339. The number of nitrogens with zero attached hydrogens (tertiary/aromatic N) is 4. The molecule has 2 aromatic heterocycles. The highest BCUT2D eigenvalue weighted by Gasteiger charge is 2.11. The van der Waals surface area contributed by atoms with Crippen LogP contribution in [0.25, 0.3) is 11.2 Å². The lowest BCUT2D eigenvalue weighted by molar-refractivity contribution is 0.111. The highest BCUT2D eigenvalue weighted by Crippen LogP contribution is 2.19. The first-order valence-corrected chi connectivity index (χ1v) is 7.32. The van der Waals surface area contributed by atoms with Gasteiger partial charge in [-0.2, -0.15) is 0 Å². The minimum absolute atomic E-state index is 0.339. The monoisotopic (exact) mass is 316 g/mol. The Morgan fingerprint density at radius 3 is 2.85 bits per heavy atom. The van der Waals surface area contributed by atoms with E-state index in [2.05, 4.69) is 14.9 Å². The zero-order valence-corrected chi connectivity index (χ0v) is 13.2. The van der Waals surface area contributed by atoms with Crippen molar-refractivity contribution in [1.82, 2.24) is 19.4 Å². The van der Waals surface area contributed by atoms with Crippen LogP contribution in [-0.2, 0) is 17.2 Å². The van der Waals surface area contributed by atoms with Crippen molar-refractivity contribution < 1.29 is 4.74 Å². The number of aromatic nitrogens is 3. The van der Waals surface area contributed by atoms with Gasteiger partial charge in [-0.1, -0.05) is 11.6 Å². The third-order valence-electron chi connectivity index (χ3n) is 2.89. The van der Waals surface area contributed by atoms with Gasteiger partial charge in [0, 0.05) is 19.3 Å². The molecule has 2 aromatic rings. The Morgan fingerprint density at radius 1 is 1.35 bits per heavy atom. The van der Waals surface area contributed by atoms with E-state index in [0.29, 0.717) is 30.7 Å². The number of alkyl halides is 1. The number of hydrogen-bond acceptors (Lipinski definition) is 4. The van der Waals surface area contributed by atoms with Crippen molar-refractivity contribution >= 4 is 34.4 Å². The highest BCUT2D eigenvalue weighted by molar-refractivity contribution is 6.31. The molecule has 0 unspecified atom stereocenters. The van der Waals surface area contributed by atoms with E-state index in [9.17, 15) is 0 Å². The Bertz CT molecular complexity index is 571. The van der Waals surface area contributed by atoms with Gasteiger partial charge in [0.15, 0.2) is 5.65 Å². The maximum absolute atomic E-state index is 5.93. The van der Waals surface area contributed by atoms with Crippen LogP contribution in [0.5, 0.6) is 0 Å². The van der Waals surface area contributed by atoms with Crippen molar-refractivity contribution in [1.29, 1.82) is 0 Å². The van der Waals surface area contributed by atoms with E-state index in [0.717, 1.165) is 23.5 Å². The zero-order chi connectivity index (χ0) is 14.5. The maximum atomic E-state index is 5.93. The third kappa shape index (κ3) is 3.82. The average molecular weight is 317 g/mol. The topological polar surface area (TPSA) is 43.2 Å². The van der Waals surface area contributed by atoms with Crippen molar-refractivity contribution in [3.63, 3.8) is 0 Å². The summed E-state index contributed by atoms with van der Waals surface area (Å²) in [5, 5.41) is 0.575. The zero-order valence-electron chi connectivity index (χ0n) is 11.6. The van der Waals surface area contributed by atoms with Crippen LogP contribution < -0.4 is 0 Å². The molecular weight excluding hydrogens is 299 g/mol. The molecule has 0 aromatic carbocycles. The third-order valence-corrected chi connectivity index (χ3v) is 3.34. The lowest BCUT2D eigenvalue weighted by Crippen LogP contribution is -2.19. The lowest BCUT2D eigenvalue weighted by atomic mass is 10.4. The number of likely N-dealkylation sites (N-methyl/N-ethyl adjacent to an activating group) is 1. The lowest BCUT2D eigenvalue weighted by Gasteiger charge is -2.11. The van der Waals surface area contributed by atoms with Gasteiger partial charge in [-0.15, -0.1) is 11.6 Å². The van der Waals surface area contributed by atoms with E-state index >= 15 is 0 Å². The second-order valence-corrected chi connectivity index (χ2v) is 5.43. The van der Waals surface area contributed by atoms with Gasteiger partial charge in [0.2, 0.25) is 0 Å². The Labute approximate surface area is 128 Å². The fourth-order valence-corrected chi connectivity index (χ4v) is 2.23. The summed E-state index contributed by atoms with van der Waals surface area (Å²) in [5.41, 5.74) is 1.56. The van der Waals surface area contributed by atoms with Crippen LogP contribution in [0.1, 0.15) is 5.82 Å². The summed E-state index contributed by atoms with van der Waals surface area (Å²) >= 11 is 11.9. The molecule has 0 atom stereocenters. The van der Waals surface area contributed by atoms with E-state index in [-0.39, 0.29) is 0 Å². The van der Waals surface area contributed by atoms with Crippen molar-refractivity contribution in [2.75, 3.05) is 33.9 Å². The summed E-state index contributed by atoms with van der Waals surface area (Å²) in [6.07, 6.45) is 1.62. The predicted molar refractivity (Wildman–Crippen MR) is 81.5 cm³/mol. The number of imidazole rings is 1. The number of halogens is 2. The van der Waals surface area contributed by atoms with E-state index in [1.165, 1.54) is 0 Å². The molecule has 5 nitrogen and oxygen atoms in total. The van der Waals surface area contributed by atoms with Crippen LogP contribution in [0.4, 0.5) is 0 Å². The molecule has 0 saturated carbocycles. The SMILES string of the molecule is CN(C)CCOCCn1c(CCl)nc2cc(Cl)cnc21. The summed E-state index contributed by atoms with van der Waals surface area (Å²) < 4.78 is 7.58. The predicted octanol–water partition coefficient (Wildman–Crippen LogP) is 2.40. The van der Waals surface area contributed by atoms with Gasteiger partial charge in [0.25, 0.3) is 0 Å². The Kier molecular flexibility index (Phi) is 5.60. The fourth-order valence-electron chi connectivity index (χ4n) is 1.88. The van der Waals surface area contributed by atoms with Crippen LogP contribution in [0, 0.1) is 0 Å². The molecule has 110 valence electrons. The van der Waals surface area contributed by atoms with Crippen molar-refractivity contribution in [3.05, 3.63) is 23.1 Å². The largest absolute Gasteiger partial charge is 0.378 e. The first-order chi connectivity index (χ1) is 9.61. The number of hydrogen-bond donors (Lipinski definition) is 0. The number of fused-ring (bicyclic) bond motifs is 1. The van der Waals surface area contributed by atoms with Gasteiger partial charge in [-0.25, -0.2) is 9.97 Å². The molecule has 0 amide bonds. The molecule has 0 radical (unpaired) electrons. The van der Waals surface area contributed by atoms with Gasteiger partial charge in [-0.3, -0.25) is 0 Å². The summed E-state index contributed by atoms with van der Waals surface area (Å²) in [7, 11) is 4.04. The van der Waals surface area contributed by atoms with Gasteiger partial charge in [0.1, 0.15) is 11.3 Å². The van der Waals surface area contributed by atoms with Crippen LogP contribution in [0.3, 0.4) is 0 Å². The second kappa shape index (κ2) is 7.22. The number of pyridine rings is 1. The molecule has 0 fully saturated rings. The van der Waals surface area contributed by atoms with Gasteiger partial charge in [-0.05, 0) is 20.2 Å². The summed E-state index contributed by atoms with van der Waals surface area (Å²) in [5.74, 6) is 1.12. The Balaban J connectivity index is 2.04. The summed E-state index contributed by atoms with van der Waals surface area (Å²) in [6.45, 7) is 2.89. The second-order valence-electron chi connectivity index (χ2n) is 4.73. The number of ether oxygens (including phenoxy) is 1. The highest BCUT2D eigenvalue weighted by atomic mass is 35.5. The molecule has 0 aliphatic rings. The molecule has 0 saturated heterocycles. The summed E-state index contributed by atoms with van der Waals surface area (Å²) in [6, 6.07) is 1.79. The fraction of sp³-hybridized carbons (Fsp3) is 0.538. The van der Waals surface area contributed by atoms with Crippen LogP contribution >= 0.6 is 23.2 Å². The average Bonchev–Trinajstić information content (AvgIpc) is 2.75. The standard InChI is InChI=1S/C13H18Cl2N4O/c1-18(2)3-5-20-6-4-19-12(8-14)17-11-7-10(15)9-16-13(11)19/h7,9H,3-6,8H2,1-2H3. The summed E-state index contributed by atoms with van der Waals surface area (Å²) in [4.78, 5) is 10.8. The van der Waals surface area contributed by atoms with Gasteiger partial charge >= 0.3 is 0 Å². The molecule has 7 heteroatoms. The molecule has 2 rings (SSSR count). The quantitative estimate of drug-likeness (QED) is 0.581. The van der Waals surface area contributed by atoms with E-state index in [1.54, 1.807) is 12.3 Å². The van der Waals surface area contributed by atoms with Gasteiger partial charge in [0.05, 0.1) is 24.1 Å². The number of rotatable bonds is 7. The Hall–Kier alpha value is -0.880. The molecule has 2 heterocycles. The van der Waals surface area contributed by atoms with Crippen LogP contribution in [0.2, 0.25) is 5.02 Å². The molecular formula is C13H18Cl2N4O. The first kappa shape index (κ1) is 15.5. The molecule has 0 spiro atoms. The van der Waals surface area contributed by atoms with Crippen LogP contribution in [-0.4, -0.2) is 53.3 Å². The van der Waals surface area contributed by atoms with Crippen molar-refractivity contribution in [3.8, 4) is 0 Å². The van der Waals surface area contributed by atoms with E-state index in [1.807, 2.05) is 18.7 Å². The molecule has 0 N–H and O–H groups in total. The van der Waals surface area contributed by atoms with Crippen LogP contribution in [0.15, 0.2) is 12.3 Å². The Morgan fingerprint density at radius 2 is 2.15 bits per heavy atom. The van der Waals surface area contributed by atoms with Crippen molar-refractivity contribution in [2.24, 2.45) is 0 Å². The van der Waals surface area contributed by atoms with E-state index in [4.69, 9.17) is 27.9 Å². The minimum Gasteiger partial charge on any atom is -0.378 e. The molecule has 0 aliphatic heterocycles. The molecule has 20 heavy (non-hydrogen) atoms. The normalized spacial score (nSPS) is 11.7. The maximum Gasteiger partial charge on any atom is 0.160 e. The first-order valence-electron chi connectivity index (χ1n) is 6.41. The van der Waals surface area contributed by atoms with Crippen molar-refractivity contribution in [2.45, 2.75) is 12.4 Å². The molecule has 0 bridgehead atoms. The van der Waals surface area contributed by atoms with E-state index < -0.39 is 0 Å². The smallest absolute Gasteiger partial charge is 0.160 e. The molecule has 0 aliphatic carbocycles.